The van der Waals surface area contributed by atoms with Crippen molar-refractivity contribution in [2.75, 3.05) is 0 Å². The summed E-state index contributed by atoms with van der Waals surface area (Å²) < 4.78 is 25.1. The number of hydrogen-bond donors (Lipinski definition) is 0. The molecule has 0 unspecified atom stereocenters. The predicted octanol–water partition coefficient (Wildman–Crippen LogP) is 3.48. The second-order valence-electron chi connectivity index (χ2n) is 2.74. The molecule has 1 heterocycles. The molecule has 0 saturated carbocycles. The predicted molar refractivity (Wildman–Crippen MR) is 53.1 cm³/mol. The smallest absolute Gasteiger partial charge is 0.235 e. The number of rotatable bonds is 3. The van der Waals surface area contributed by atoms with Gasteiger partial charge in [0.05, 0.1) is 12.5 Å². The van der Waals surface area contributed by atoms with Gasteiger partial charge in [0, 0.05) is 5.88 Å². The first-order valence-corrected chi connectivity index (χ1v) is 4.90. The van der Waals surface area contributed by atoms with Crippen LogP contribution in [0.1, 0.15) is 23.2 Å². The van der Waals surface area contributed by atoms with Crippen LogP contribution in [-0.4, -0.2) is 4.98 Å². The molecule has 6 heteroatoms. The fourth-order valence-electron chi connectivity index (χ4n) is 1.19. The molecular weight excluding hydrogens is 245 g/mol. The van der Waals surface area contributed by atoms with Crippen LogP contribution < -0.4 is 0 Å². The van der Waals surface area contributed by atoms with Crippen LogP contribution in [0.2, 0.25) is 5.15 Å². The molecule has 1 aromatic rings. The molecule has 0 aromatic carbocycles. The molecule has 0 fully saturated rings. The molecule has 1 rings (SSSR count). The Morgan fingerprint density at radius 1 is 1.53 bits per heavy atom. The van der Waals surface area contributed by atoms with Gasteiger partial charge in [0.25, 0.3) is 6.43 Å². The van der Waals surface area contributed by atoms with E-state index in [2.05, 4.69) is 4.98 Å². The zero-order valence-electron chi connectivity index (χ0n) is 7.48. The molecule has 1 aromatic heterocycles. The topological polar surface area (TPSA) is 36.7 Å². The maximum atomic E-state index is 12.6. The SMILES string of the molecule is N#CCc1cc(Cl)nc(C(F)F)c1CCl. The first-order chi connectivity index (χ1) is 7.10. The van der Waals surface area contributed by atoms with E-state index in [1.807, 2.05) is 6.07 Å². The van der Waals surface area contributed by atoms with Crippen LogP contribution in [0.5, 0.6) is 0 Å². The Bertz CT molecular complexity index is 402. The van der Waals surface area contributed by atoms with Crippen molar-refractivity contribution < 1.29 is 8.78 Å². The van der Waals surface area contributed by atoms with Crippen LogP contribution in [0.15, 0.2) is 6.07 Å². The third-order valence-electron chi connectivity index (χ3n) is 1.83. The Balaban J connectivity index is 3.33. The number of hydrogen-bond acceptors (Lipinski definition) is 2. The minimum atomic E-state index is -2.74. The largest absolute Gasteiger partial charge is 0.280 e. The number of halogens is 4. The molecule has 2 nitrogen and oxygen atoms in total. The van der Waals surface area contributed by atoms with Gasteiger partial charge in [0.2, 0.25) is 0 Å². The third kappa shape index (κ3) is 2.77. The highest BCUT2D eigenvalue weighted by Crippen LogP contribution is 2.27. The third-order valence-corrected chi connectivity index (χ3v) is 2.29. The minimum absolute atomic E-state index is 0.00991. The molecule has 80 valence electrons. The molecule has 0 saturated heterocycles. The summed E-state index contributed by atoms with van der Waals surface area (Å²) in [7, 11) is 0. The van der Waals surface area contributed by atoms with E-state index < -0.39 is 12.1 Å². The van der Waals surface area contributed by atoms with E-state index in [4.69, 9.17) is 28.5 Å². The molecule has 0 aliphatic heterocycles. The zero-order valence-corrected chi connectivity index (χ0v) is 8.99. The van der Waals surface area contributed by atoms with Crippen LogP contribution in [0, 0.1) is 11.3 Å². The van der Waals surface area contributed by atoms with E-state index in [9.17, 15) is 8.78 Å². The van der Waals surface area contributed by atoms with Gasteiger partial charge in [0.15, 0.2) is 0 Å². The summed E-state index contributed by atoms with van der Waals surface area (Å²) in [6.07, 6.45) is -2.75. The Kier molecular flexibility index (Phi) is 4.25. The van der Waals surface area contributed by atoms with Crippen LogP contribution in [0.3, 0.4) is 0 Å². The van der Waals surface area contributed by atoms with Gasteiger partial charge in [-0.15, -0.1) is 11.6 Å². The Morgan fingerprint density at radius 3 is 2.67 bits per heavy atom. The summed E-state index contributed by atoms with van der Waals surface area (Å²) in [5, 5.41) is 8.46. The Morgan fingerprint density at radius 2 is 2.20 bits per heavy atom. The molecule has 0 spiro atoms. The summed E-state index contributed by atoms with van der Waals surface area (Å²) in [4.78, 5) is 3.51. The molecular formula is C9H6Cl2F2N2. The maximum absolute atomic E-state index is 12.6. The van der Waals surface area contributed by atoms with Gasteiger partial charge in [-0.3, -0.25) is 0 Å². The van der Waals surface area contributed by atoms with Crippen molar-refractivity contribution in [3.8, 4) is 6.07 Å². The van der Waals surface area contributed by atoms with Gasteiger partial charge in [0.1, 0.15) is 10.8 Å². The second-order valence-corrected chi connectivity index (χ2v) is 3.39. The molecule has 0 bridgehead atoms. The summed E-state index contributed by atoms with van der Waals surface area (Å²) in [5.41, 5.74) is 0.156. The molecule has 0 amide bonds. The highest BCUT2D eigenvalue weighted by Gasteiger charge is 2.18. The molecule has 0 radical (unpaired) electrons. The van der Waals surface area contributed by atoms with E-state index in [0.717, 1.165) is 0 Å². The normalized spacial score (nSPS) is 10.4. The van der Waals surface area contributed by atoms with Gasteiger partial charge in [-0.05, 0) is 17.2 Å². The average molecular weight is 251 g/mol. The lowest BCUT2D eigenvalue weighted by Gasteiger charge is -2.09. The van der Waals surface area contributed by atoms with Crippen molar-refractivity contribution in [3.63, 3.8) is 0 Å². The molecule has 0 aliphatic rings. The Labute approximate surface area is 95.4 Å². The number of nitrogens with zero attached hydrogens (tertiary/aromatic N) is 2. The van der Waals surface area contributed by atoms with Gasteiger partial charge >= 0.3 is 0 Å². The number of alkyl halides is 3. The summed E-state index contributed by atoms with van der Waals surface area (Å²) in [6.45, 7) is 0. The van der Waals surface area contributed by atoms with E-state index in [1.165, 1.54) is 6.07 Å². The van der Waals surface area contributed by atoms with Crippen molar-refractivity contribution >= 4 is 23.2 Å². The summed E-state index contributed by atoms with van der Waals surface area (Å²) >= 11 is 11.1. The van der Waals surface area contributed by atoms with Crippen LogP contribution in [0.4, 0.5) is 8.78 Å². The number of pyridine rings is 1. The fraction of sp³-hybridized carbons (Fsp3) is 0.333. The van der Waals surface area contributed by atoms with Crippen molar-refractivity contribution in [1.29, 1.82) is 5.26 Å². The van der Waals surface area contributed by atoms with Crippen LogP contribution in [0.25, 0.3) is 0 Å². The summed E-state index contributed by atoms with van der Waals surface area (Å²) in [6, 6.07) is 3.25. The summed E-state index contributed by atoms with van der Waals surface area (Å²) in [5.74, 6) is -0.110. The highest BCUT2D eigenvalue weighted by molar-refractivity contribution is 6.29. The lowest BCUT2D eigenvalue weighted by atomic mass is 10.1. The number of aromatic nitrogens is 1. The fourth-order valence-corrected chi connectivity index (χ4v) is 1.72. The van der Waals surface area contributed by atoms with Crippen molar-refractivity contribution in [2.24, 2.45) is 0 Å². The zero-order chi connectivity index (χ0) is 11.4. The maximum Gasteiger partial charge on any atom is 0.280 e. The van der Waals surface area contributed by atoms with Gasteiger partial charge in [-0.1, -0.05) is 11.6 Å². The van der Waals surface area contributed by atoms with Gasteiger partial charge in [-0.2, -0.15) is 5.26 Å². The van der Waals surface area contributed by atoms with Crippen molar-refractivity contribution in [1.82, 2.24) is 4.98 Å². The van der Waals surface area contributed by atoms with E-state index >= 15 is 0 Å². The highest BCUT2D eigenvalue weighted by atomic mass is 35.5. The van der Waals surface area contributed by atoms with Gasteiger partial charge < -0.3 is 0 Å². The quantitative estimate of drug-likeness (QED) is 0.609. The first kappa shape index (κ1) is 12.2. The Hall–Kier alpha value is -0.920. The number of nitriles is 1. The molecule has 0 atom stereocenters. The van der Waals surface area contributed by atoms with Crippen LogP contribution >= 0.6 is 23.2 Å². The average Bonchev–Trinajstić information content (AvgIpc) is 2.17. The molecule has 15 heavy (non-hydrogen) atoms. The lowest BCUT2D eigenvalue weighted by Crippen LogP contribution is -2.02. The van der Waals surface area contributed by atoms with Crippen molar-refractivity contribution in [3.05, 3.63) is 28.0 Å². The lowest BCUT2D eigenvalue weighted by molar-refractivity contribution is 0.145. The van der Waals surface area contributed by atoms with E-state index in [-0.39, 0.29) is 23.0 Å². The first-order valence-electron chi connectivity index (χ1n) is 3.99. The molecule has 0 aliphatic carbocycles. The monoisotopic (exact) mass is 250 g/mol. The van der Waals surface area contributed by atoms with Gasteiger partial charge in [-0.25, -0.2) is 13.8 Å². The van der Waals surface area contributed by atoms with Crippen LogP contribution in [-0.2, 0) is 12.3 Å². The second kappa shape index (κ2) is 5.24. The van der Waals surface area contributed by atoms with E-state index in [1.54, 1.807) is 0 Å². The molecule has 0 N–H and O–H groups in total. The standard InChI is InChI=1S/C9H6Cl2F2N2/c10-4-6-5(1-2-14)3-7(11)15-8(6)9(12)13/h3,9H,1,4H2. The van der Waals surface area contributed by atoms with Crippen molar-refractivity contribution in [2.45, 2.75) is 18.7 Å². The minimum Gasteiger partial charge on any atom is -0.235 e. The van der Waals surface area contributed by atoms with E-state index in [0.29, 0.717) is 5.56 Å².